The molecule has 1 rings (SSSR count). The molecule has 0 bridgehead atoms. The zero-order chi connectivity index (χ0) is 13.0. The Labute approximate surface area is 100 Å². The molecule has 6 heteroatoms. The Morgan fingerprint density at radius 1 is 1.35 bits per heavy atom. The highest BCUT2D eigenvalue weighted by Crippen LogP contribution is 2.13. The minimum Gasteiger partial charge on any atom is -0.370 e. The molecule has 96 valence electrons. The Kier molecular flexibility index (Phi) is 4.48. The summed E-state index contributed by atoms with van der Waals surface area (Å²) in [4.78, 5) is 34.1. The summed E-state index contributed by atoms with van der Waals surface area (Å²) in [5.41, 5.74) is 5.00. The summed E-state index contributed by atoms with van der Waals surface area (Å²) in [7, 11) is 0. The van der Waals surface area contributed by atoms with E-state index in [1.54, 1.807) is 0 Å². The second-order valence-corrected chi connectivity index (χ2v) is 4.44. The first-order valence-electron chi connectivity index (χ1n) is 5.84. The highest BCUT2D eigenvalue weighted by atomic mass is 16.2. The van der Waals surface area contributed by atoms with E-state index in [4.69, 9.17) is 5.73 Å². The van der Waals surface area contributed by atoms with Crippen LogP contribution in [0, 0.1) is 5.92 Å². The average Bonchev–Trinajstić information content (AvgIpc) is 2.28. The van der Waals surface area contributed by atoms with Crippen LogP contribution in [0.25, 0.3) is 0 Å². The van der Waals surface area contributed by atoms with Gasteiger partial charge in [0.15, 0.2) is 0 Å². The van der Waals surface area contributed by atoms with Crippen molar-refractivity contribution in [1.29, 1.82) is 0 Å². The van der Waals surface area contributed by atoms with Crippen LogP contribution in [0.15, 0.2) is 0 Å². The quantitative estimate of drug-likeness (QED) is 0.592. The van der Waals surface area contributed by atoms with E-state index in [0.29, 0.717) is 0 Å². The zero-order valence-electron chi connectivity index (χ0n) is 10.2. The molecule has 0 radical (unpaired) electrons. The molecular formula is C11H19N3O3. The SMILES string of the molecule is CC[C@H](C)[C@@H]1NC(=O)[C@H](CCC(N)=O)NC1=O. The smallest absolute Gasteiger partial charge is 0.243 e. The van der Waals surface area contributed by atoms with Crippen molar-refractivity contribution in [3.63, 3.8) is 0 Å². The molecule has 1 heterocycles. The van der Waals surface area contributed by atoms with E-state index in [1.165, 1.54) is 0 Å². The summed E-state index contributed by atoms with van der Waals surface area (Å²) >= 11 is 0. The van der Waals surface area contributed by atoms with Crippen molar-refractivity contribution in [2.45, 2.75) is 45.2 Å². The molecule has 0 aliphatic carbocycles. The number of piperazine rings is 1. The molecule has 0 aromatic rings. The van der Waals surface area contributed by atoms with Gasteiger partial charge in [0.25, 0.3) is 0 Å². The van der Waals surface area contributed by atoms with Gasteiger partial charge in [-0.3, -0.25) is 14.4 Å². The van der Waals surface area contributed by atoms with Gasteiger partial charge >= 0.3 is 0 Å². The fourth-order valence-electron chi connectivity index (χ4n) is 1.77. The predicted molar refractivity (Wildman–Crippen MR) is 61.7 cm³/mol. The fourth-order valence-corrected chi connectivity index (χ4v) is 1.77. The molecule has 0 saturated carbocycles. The van der Waals surface area contributed by atoms with E-state index in [9.17, 15) is 14.4 Å². The van der Waals surface area contributed by atoms with Crippen LogP contribution < -0.4 is 16.4 Å². The summed E-state index contributed by atoms with van der Waals surface area (Å²) in [5, 5.41) is 5.32. The maximum absolute atomic E-state index is 11.8. The second-order valence-electron chi connectivity index (χ2n) is 4.44. The normalized spacial score (nSPS) is 26.0. The van der Waals surface area contributed by atoms with Crippen molar-refractivity contribution in [2.24, 2.45) is 11.7 Å². The minimum absolute atomic E-state index is 0.0896. The molecule has 3 atom stereocenters. The maximum Gasteiger partial charge on any atom is 0.243 e. The van der Waals surface area contributed by atoms with Crippen molar-refractivity contribution < 1.29 is 14.4 Å². The van der Waals surface area contributed by atoms with Crippen LogP contribution in [0.3, 0.4) is 0 Å². The molecule has 1 fully saturated rings. The third-order valence-electron chi connectivity index (χ3n) is 3.11. The Morgan fingerprint density at radius 2 is 2.00 bits per heavy atom. The monoisotopic (exact) mass is 241 g/mol. The van der Waals surface area contributed by atoms with Crippen molar-refractivity contribution in [3.8, 4) is 0 Å². The van der Waals surface area contributed by atoms with Crippen LogP contribution in [0.1, 0.15) is 33.1 Å². The van der Waals surface area contributed by atoms with Gasteiger partial charge in [-0.2, -0.15) is 0 Å². The van der Waals surface area contributed by atoms with E-state index in [-0.39, 0.29) is 30.6 Å². The molecule has 17 heavy (non-hydrogen) atoms. The van der Waals surface area contributed by atoms with Gasteiger partial charge < -0.3 is 16.4 Å². The van der Waals surface area contributed by atoms with E-state index in [1.807, 2.05) is 13.8 Å². The number of hydrogen-bond acceptors (Lipinski definition) is 3. The molecule has 1 saturated heterocycles. The Hall–Kier alpha value is -1.59. The van der Waals surface area contributed by atoms with Crippen LogP contribution in [0.4, 0.5) is 0 Å². The third kappa shape index (κ3) is 3.44. The third-order valence-corrected chi connectivity index (χ3v) is 3.11. The fraction of sp³-hybridized carbons (Fsp3) is 0.727. The number of nitrogens with two attached hydrogens (primary N) is 1. The molecule has 1 aliphatic rings. The first-order chi connectivity index (χ1) is 7.95. The Morgan fingerprint density at radius 3 is 2.53 bits per heavy atom. The van der Waals surface area contributed by atoms with E-state index in [0.717, 1.165) is 6.42 Å². The average molecular weight is 241 g/mol. The molecular weight excluding hydrogens is 222 g/mol. The molecule has 4 N–H and O–H groups in total. The summed E-state index contributed by atoms with van der Waals surface area (Å²) < 4.78 is 0. The van der Waals surface area contributed by atoms with Gasteiger partial charge in [-0.05, 0) is 12.3 Å². The Bertz CT molecular complexity index is 330. The maximum atomic E-state index is 11.8. The number of carbonyl (C=O) groups is 3. The molecule has 0 unspecified atom stereocenters. The second kappa shape index (κ2) is 5.65. The standard InChI is InChI=1S/C11H19N3O3/c1-3-6(2)9-11(17)13-7(10(16)14-9)4-5-8(12)15/h6-7,9H,3-5H2,1-2H3,(H2,12,15)(H,13,17)(H,14,16)/t6-,7-,9-/m0/s1. The number of carbonyl (C=O) groups excluding carboxylic acids is 3. The highest BCUT2D eigenvalue weighted by molar-refractivity contribution is 5.97. The number of primary amides is 1. The van der Waals surface area contributed by atoms with Gasteiger partial charge in [0, 0.05) is 6.42 Å². The van der Waals surface area contributed by atoms with Gasteiger partial charge in [0.1, 0.15) is 12.1 Å². The number of rotatable bonds is 5. The van der Waals surface area contributed by atoms with Crippen molar-refractivity contribution >= 4 is 17.7 Å². The zero-order valence-corrected chi connectivity index (χ0v) is 10.2. The molecule has 3 amide bonds. The summed E-state index contributed by atoms with van der Waals surface area (Å²) in [6.07, 6.45) is 1.15. The van der Waals surface area contributed by atoms with Crippen molar-refractivity contribution in [1.82, 2.24) is 10.6 Å². The topological polar surface area (TPSA) is 101 Å². The lowest BCUT2D eigenvalue weighted by molar-refractivity contribution is -0.138. The van der Waals surface area contributed by atoms with Crippen LogP contribution in [-0.2, 0) is 14.4 Å². The van der Waals surface area contributed by atoms with Crippen molar-refractivity contribution in [2.75, 3.05) is 0 Å². The number of nitrogens with one attached hydrogen (secondary N) is 2. The lowest BCUT2D eigenvalue weighted by Crippen LogP contribution is -2.63. The van der Waals surface area contributed by atoms with E-state index >= 15 is 0 Å². The molecule has 0 spiro atoms. The largest absolute Gasteiger partial charge is 0.370 e. The van der Waals surface area contributed by atoms with Gasteiger partial charge in [0.05, 0.1) is 0 Å². The lowest BCUT2D eigenvalue weighted by Gasteiger charge is -2.32. The van der Waals surface area contributed by atoms with Gasteiger partial charge in [-0.25, -0.2) is 0 Å². The predicted octanol–water partition coefficient (Wildman–Crippen LogP) is -0.719. The summed E-state index contributed by atoms with van der Waals surface area (Å²) in [6, 6.07) is -1.12. The van der Waals surface area contributed by atoms with Crippen LogP contribution in [0.2, 0.25) is 0 Å². The van der Waals surface area contributed by atoms with E-state index < -0.39 is 18.0 Å². The van der Waals surface area contributed by atoms with Gasteiger partial charge in [0.2, 0.25) is 17.7 Å². The van der Waals surface area contributed by atoms with Crippen LogP contribution >= 0.6 is 0 Å². The minimum atomic E-state index is -0.643. The lowest BCUT2D eigenvalue weighted by atomic mass is 9.94. The molecule has 0 aromatic heterocycles. The van der Waals surface area contributed by atoms with Gasteiger partial charge in [-0.1, -0.05) is 20.3 Å². The number of amides is 3. The van der Waals surface area contributed by atoms with Crippen LogP contribution in [-0.4, -0.2) is 29.8 Å². The first-order valence-corrected chi connectivity index (χ1v) is 5.84. The van der Waals surface area contributed by atoms with E-state index in [2.05, 4.69) is 10.6 Å². The number of hydrogen-bond donors (Lipinski definition) is 3. The first kappa shape index (κ1) is 13.5. The van der Waals surface area contributed by atoms with Crippen molar-refractivity contribution in [3.05, 3.63) is 0 Å². The highest BCUT2D eigenvalue weighted by Gasteiger charge is 2.35. The molecule has 1 aliphatic heterocycles. The van der Waals surface area contributed by atoms with Crippen LogP contribution in [0.5, 0.6) is 0 Å². The summed E-state index contributed by atoms with van der Waals surface area (Å²) in [6.45, 7) is 3.87. The molecule has 0 aromatic carbocycles. The Balaban J connectivity index is 2.58. The molecule has 6 nitrogen and oxygen atoms in total. The van der Waals surface area contributed by atoms with Gasteiger partial charge in [-0.15, -0.1) is 0 Å². The summed E-state index contributed by atoms with van der Waals surface area (Å²) in [5.74, 6) is -0.809.